The first-order chi connectivity index (χ1) is 39.4. The first kappa shape index (κ1) is 63.4. The monoisotopic (exact) mass is 1110 g/mol. The Bertz CT molecular complexity index is 2720. The number of hydrogen-bond donors (Lipinski definition) is 3. The smallest absolute Gasteiger partial charge is 0.338 e. The number of ether oxygens (including phenoxy) is 5. The summed E-state index contributed by atoms with van der Waals surface area (Å²) in [6.07, 6.45) is 17.7. The highest BCUT2D eigenvalue weighted by Gasteiger charge is 2.34. The van der Waals surface area contributed by atoms with E-state index in [2.05, 4.69) is 65.1 Å². The Morgan fingerprint density at radius 1 is 0.531 bits per heavy atom. The third kappa shape index (κ3) is 23.1. The molecule has 17 heteroatoms. The van der Waals surface area contributed by atoms with Gasteiger partial charge in [-0.15, -0.1) is 0 Å². The molecule has 5 aromatic carbocycles. The fourth-order valence-electron chi connectivity index (χ4n) is 8.17. The van der Waals surface area contributed by atoms with Gasteiger partial charge in [-0.3, -0.25) is 9.59 Å². The van der Waals surface area contributed by atoms with Crippen LogP contribution in [0.1, 0.15) is 132 Å². The number of nitrogens with zero attached hydrogens (tertiary/aromatic N) is 4. The van der Waals surface area contributed by atoms with E-state index in [1.165, 1.54) is 11.1 Å². The van der Waals surface area contributed by atoms with Crippen molar-refractivity contribution >= 4 is 54.7 Å². The van der Waals surface area contributed by atoms with Crippen LogP contribution in [0.3, 0.4) is 0 Å². The fourth-order valence-corrected chi connectivity index (χ4v) is 8.17. The predicted molar refractivity (Wildman–Crippen MR) is 312 cm³/mol. The van der Waals surface area contributed by atoms with E-state index in [9.17, 15) is 34.2 Å². The molecule has 0 aromatic heterocycles. The normalized spacial score (nSPS) is 14.3. The van der Waals surface area contributed by atoms with E-state index in [-0.39, 0.29) is 42.1 Å². The Morgan fingerprint density at radius 2 is 0.926 bits per heavy atom. The molecule has 0 heterocycles. The van der Waals surface area contributed by atoms with Crippen molar-refractivity contribution in [3.63, 3.8) is 0 Å². The number of aryl methyl sites for hydroxylation is 2. The second-order valence-corrected chi connectivity index (χ2v) is 19.6. The predicted octanol–water partition coefficient (Wildman–Crippen LogP) is 10.6. The lowest BCUT2D eigenvalue weighted by Gasteiger charge is -2.28. The van der Waals surface area contributed by atoms with Gasteiger partial charge >= 0.3 is 29.8 Å². The van der Waals surface area contributed by atoms with Gasteiger partial charge in [0.25, 0.3) is 0 Å². The Morgan fingerprint density at radius 3 is 1.32 bits per heavy atom. The third-order valence-corrected chi connectivity index (χ3v) is 13.2. The number of carboxylic acids is 1. The van der Waals surface area contributed by atoms with Crippen molar-refractivity contribution in [1.29, 1.82) is 0 Å². The topological polar surface area (TPSA) is 242 Å². The summed E-state index contributed by atoms with van der Waals surface area (Å²) in [5, 5.41) is 45.4. The summed E-state index contributed by atoms with van der Waals surface area (Å²) < 4.78 is 26.8. The lowest BCUT2D eigenvalue weighted by molar-refractivity contribution is -0.146. The zero-order valence-corrected chi connectivity index (χ0v) is 46.2. The van der Waals surface area contributed by atoms with Gasteiger partial charge < -0.3 is 39.0 Å². The minimum Gasteiger partial charge on any atom is -0.494 e. The fraction of sp³-hybridized carbons (Fsp3) is 0.359. The van der Waals surface area contributed by atoms with Crippen LogP contribution in [0, 0.1) is 17.3 Å². The van der Waals surface area contributed by atoms with E-state index >= 15 is 0 Å². The molecule has 1 fully saturated rings. The molecule has 1 aliphatic carbocycles. The molecule has 0 unspecified atom stereocenters. The molecule has 0 bridgehead atoms. The molecule has 0 spiro atoms. The van der Waals surface area contributed by atoms with E-state index in [0.717, 1.165) is 79.7 Å². The van der Waals surface area contributed by atoms with Crippen molar-refractivity contribution < 1.29 is 63.0 Å². The van der Waals surface area contributed by atoms with Crippen molar-refractivity contribution in [2.24, 2.45) is 37.7 Å². The molecule has 0 atom stereocenters. The highest BCUT2D eigenvalue weighted by molar-refractivity contribution is 5.92. The Hall–Kier alpha value is -8.41. The minimum absolute atomic E-state index is 0.239. The lowest BCUT2D eigenvalue weighted by Crippen LogP contribution is -2.41. The number of hydrogen-bond acceptors (Lipinski definition) is 16. The van der Waals surface area contributed by atoms with Crippen LogP contribution in [0.2, 0.25) is 0 Å². The van der Waals surface area contributed by atoms with Crippen LogP contribution in [0.4, 0.5) is 0 Å². The first-order valence-electron chi connectivity index (χ1n) is 27.4. The molecule has 1 aliphatic rings. The molecular formula is C64H74N4O13. The van der Waals surface area contributed by atoms with Crippen LogP contribution < -0.4 is 9.47 Å². The number of carbonyl (C=O) groups is 5. The van der Waals surface area contributed by atoms with Gasteiger partial charge in [0.15, 0.2) is 0 Å². The first-order valence-corrected chi connectivity index (χ1v) is 27.4. The van der Waals surface area contributed by atoms with E-state index in [0.29, 0.717) is 50.4 Å². The molecular weight excluding hydrogens is 1030 g/mol. The quantitative estimate of drug-likeness (QED) is 0.00738. The number of unbranched alkanes of at least 4 members (excludes halogenated alkanes) is 3. The number of carboxylic acid groups (broad SMARTS) is 1. The number of esters is 4. The minimum atomic E-state index is -1.40. The van der Waals surface area contributed by atoms with Crippen LogP contribution in [-0.4, -0.2) is 110 Å². The standard InChI is InChI=1S/C41H44N4O6.C23H30O7/c1-3-5-31-7-11-33(12-8-31)23-42-44-25-35-15-19-37(20-16-35)39(48)50-29-41(27-46,28-47)30-51-40(49)38-21-17-36(18-22-38)26-45-43-24-34-13-9-32(6-4-2)10-14-34;1-2-21(24)29-16-6-4-3-5-15-28-19-11-13-20(14-12-19)30-23(27)18-9-7-17(8-10-18)22(25)26/h7-26,46-47H,3-6,27-30H2,1-2H3;2,11-14,17-18H,1,3-10,15-16H2,(H,25,26)/b42-23+,43-24+,44-25+,45-26+;. The summed E-state index contributed by atoms with van der Waals surface area (Å²) in [6.45, 7) is 6.72. The molecule has 1 saturated carbocycles. The molecule has 0 aliphatic heterocycles. The molecule has 6 rings (SSSR count). The maximum Gasteiger partial charge on any atom is 0.338 e. The third-order valence-electron chi connectivity index (χ3n) is 13.2. The average molecular weight is 1110 g/mol. The van der Waals surface area contributed by atoms with Crippen molar-refractivity contribution in [1.82, 2.24) is 0 Å². The van der Waals surface area contributed by atoms with Crippen LogP contribution in [0.15, 0.2) is 154 Å². The molecule has 5 aromatic rings. The molecule has 428 valence electrons. The summed E-state index contributed by atoms with van der Waals surface area (Å²) in [5.74, 6) is -2.22. The summed E-state index contributed by atoms with van der Waals surface area (Å²) in [4.78, 5) is 59.6. The zero-order chi connectivity index (χ0) is 58.1. The maximum absolute atomic E-state index is 12.7. The molecule has 0 saturated heterocycles. The van der Waals surface area contributed by atoms with Crippen LogP contribution >= 0.6 is 0 Å². The van der Waals surface area contributed by atoms with Crippen molar-refractivity contribution in [2.45, 2.75) is 90.9 Å². The summed E-state index contributed by atoms with van der Waals surface area (Å²) in [5.41, 5.74) is 5.05. The Labute approximate surface area is 474 Å². The van der Waals surface area contributed by atoms with Crippen molar-refractivity contribution in [3.8, 4) is 11.5 Å². The number of benzene rings is 5. The highest BCUT2D eigenvalue weighted by Crippen LogP contribution is 2.31. The second kappa shape index (κ2) is 35.3. The largest absolute Gasteiger partial charge is 0.494 e. The van der Waals surface area contributed by atoms with Gasteiger partial charge in [0, 0.05) is 6.08 Å². The summed E-state index contributed by atoms with van der Waals surface area (Å²) >= 11 is 0. The van der Waals surface area contributed by atoms with Gasteiger partial charge in [0.05, 0.1) is 79.7 Å². The maximum atomic E-state index is 12.7. The van der Waals surface area contributed by atoms with Gasteiger partial charge in [-0.05, 0) is 146 Å². The second-order valence-electron chi connectivity index (χ2n) is 19.6. The van der Waals surface area contributed by atoms with Gasteiger partial charge in [-0.25, -0.2) is 14.4 Å². The van der Waals surface area contributed by atoms with E-state index in [1.54, 1.807) is 97.7 Å². The zero-order valence-electron chi connectivity index (χ0n) is 46.2. The molecule has 0 amide bonds. The van der Waals surface area contributed by atoms with Crippen molar-refractivity contribution in [3.05, 3.63) is 178 Å². The number of rotatable bonds is 30. The SMILES string of the molecule is C=CC(=O)OCCCCCCOc1ccc(OC(=O)C2CCC(C(=O)O)CC2)cc1.CCCc1ccc(/C=N/N=C/c2ccc(C(=O)OCC(CO)(CO)COC(=O)c3ccc(/C=N/N=C/c4ccc(CCC)cc4)cc3)cc2)cc1. The molecule has 0 radical (unpaired) electrons. The van der Waals surface area contributed by atoms with Crippen LogP contribution in [-0.2, 0) is 41.4 Å². The average Bonchev–Trinajstić information content (AvgIpc) is 3.50. The number of aliphatic carboxylic acids is 1. The number of carbonyl (C=O) groups excluding carboxylic acids is 4. The number of aliphatic hydroxyl groups excluding tert-OH is 2. The van der Waals surface area contributed by atoms with Gasteiger partial charge in [-0.1, -0.05) is 106 Å². The molecule has 17 nitrogen and oxygen atoms in total. The summed E-state index contributed by atoms with van der Waals surface area (Å²) in [7, 11) is 0. The van der Waals surface area contributed by atoms with E-state index < -0.39 is 42.5 Å². The van der Waals surface area contributed by atoms with Crippen LogP contribution in [0.5, 0.6) is 11.5 Å². The van der Waals surface area contributed by atoms with E-state index in [1.807, 2.05) is 24.3 Å². The number of aliphatic hydroxyl groups is 2. The van der Waals surface area contributed by atoms with Crippen molar-refractivity contribution in [2.75, 3.05) is 39.6 Å². The molecule has 3 N–H and O–H groups in total. The van der Waals surface area contributed by atoms with Gasteiger partial charge in [0.1, 0.15) is 24.7 Å². The van der Waals surface area contributed by atoms with E-state index in [4.69, 9.17) is 28.8 Å². The van der Waals surface area contributed by atoms with Gasteiger partial charge in [-0.2, -0.15) is 20.4 Å². The van der Waals surface area contributed by atoms with Crippen LogP contribution in [0.25, 0.3) is 0 Å². The Balaban J connectivity index is 0.000000341. The lowest BCUT2D eigenvalue weighted by atomic mass is 9.82. The Kier molecular flexibility index (Phi) is 27.6. The van der Waals surface area contributed by atoms with Gasteiger partial charge in [0.2, 0.25) is 0 Å². The highest BCUT2D eigenvalue weighted by atomic mass is 16.6. The molecule has 81 heavy (non-hydrogen) atoms. The summed E-state index contributed by atoms with van der Waals surface area (Å²) in [6, 6.07) is 36.3.